The van der Waals surface area contributed by atoms with Gasteiger partial charge < -0.3 is 15.7 Å². The molecule has 2 atom stereocenters. The minimum Gasteiger partial charge on any atom is -0.479 e. The standard InChI is InChI=1S/C13H15ClN2O3/c14-9-4-1-3-8(7-9)11(13(18)19)16-12(17)10-5-2-6-15-10/h1,3-4,7,10-11,15H,2,5-6H2,(H,16,17)(H,18,19). The first-order valence-corrected chi connectivity index (χ1v) is 6.48. The third-order valence-corrected chi connectivity index (χ3v) is 3.33. The molecule has 1 saturated heterocycles. The van der Waals surface area contributed by atoms with Crippen LogP contribution >= 0.6 is 11.6 Å². The molecule has 1 aliphatic rings. The molecular formula is C13H15ClN2O3. The van der Waals surface area contributed by atoms with Crippen molar-refractivity contribution in [2.24, 2.45) is 0 Å². The van der Waals surface area contributed by atoms with Crippen molar-refractivity contribution in [2.75, 3.05) is 6.54 Å². The molecule has 0 aromatic heterocycles. The average molecular weight is 283 g/mol. The highest BCUT2D eigenvalue weighted by molar-refractivity contribution is 6.30. The van der Waals surface area contributed by atoms with Gasteiger partial charge in [-0.2, -0.15) is 0 Å². The summed E-state index contributed by atoms with van der Waals surface area (Å²) in [5.41, 5.74) is 0.464. The molecular weight excluding hydrogens is 268 g/mol. The molecule has 3 N–H and O–H groups in total. The molecule has 0 bridgehead atoms. The number of carbonyl (C=O) groups excluding carboxylic acids is 1. The van der Waals surface area contributed by atoms with Crippen molar-refractivity contribution in [1.29, 1.82) is 0 Å². The summed E-state index contributed by atoms with van der Waals surface area (Å²) in [6.07, 6.45) is 1.65. The van der Waals surface area contributed by atoms with E-state index in [1.807, 2.05) is 0 Å². The molecule has 102 valence electrons. The van der Waals surface area contributed by atoms with Crippen molar-refractivity contribution < 1.29 is 14.7 Å². The number of carboxylic acids is 1. The van der Waals surface area contributed by atoms with Gasteiger partial charge in [0.2, 0.25) is 5.91 Å². The molecule has 1 aromatic carbocycles. The van der Waals surface area contributed by atoms with Gasteiger partial charge in [0.15, 0.2) is 6.04 Å². The van der Waals surface area contributed by atoms with Gasteiger partial charge in [-0.3, -0.25) is 4.79 Å². The highest BCUT2D eigenvalue weighted by Gasteiger charge is 2.28. The molecule has 2 unspecified atom stereocenters. The van der Waals surface area contributed by atoms with Crippen molar-refractivity contribution in [3.8, 4) is 0 Å². The fraction of sp³-hybridized carbons (Fsp3) is 0.385. The van der Waals surface area contributed by atoms with Gasteiger partial charge in [0.05, 0.1) is 6.04 Å². The number of carbonyl (C=O) groups is 2. The van der Waals surface area contributed by atoms with Crippen LogP contribution < -0.4 is 10.6 Å². The Kier molecular flexibility index (Phi) is 4.39. The maximum absolute atomic E-state index is 11.9. The Balaban J connectivity index is 2.12. The van der Waals surface area contributed by atoms with Crippen molar-refractivity contribution in [3.63, 3.8) is 0 Å². The van der Waals surface area contributed by atoms with Crippen LogP contribution in [0.15, 0.2) is 24.3 Å². The van der Waals surface area contributed by atoms with Crippen LogP contribution in [0.4, 0.5) is 0 Å². The van der Waals surface area contributed by atoms with E-state index in [4.69, 9.17) is 11.6 Å². The van der Waals surface area contributed by atoms with Crippen molar-refractivity contribution in [2.45, 2.75) is 24.9 Å². The van der Waals surface area contributed by atoms with Gasteiger partial charge in [-0.1, -0.05) is 23.7 Å². The highest BCUT2D eigenvalue weighted by Crippen LogP contribution is 2.19. The van der Waals surface area contributed by atoms with Crippen LogP contribution in [-0.2, 0) is 9.59 Å². The molecule has 0 saturated carbocycles. The van der Waals surface area contributed by atoms with Gasteiger partial charge in [0, 0.05) is 5.02 Å². The number of nitrogens with one attached hydrogen (secondary N) is 2. The molecule has 19 heavy (non-hydrogen) atoms. The van der Waals surface area contributed by atoms with Gasteiger partial charge in [0.1, 0.15) is 0 Å². The third kappa shape index (κ3) is 3.45. The maximum atomic E-state index is 11.9. The quantitative estimate of drug-likeness (QED) is 0.779. The van der Waals surface area contributed by atoms with E-state index in [1.54, 1.807) is 24.3 Å². The number of hydrogen-bond acceptors (Lipinski definition) is 3. The summed E-state index contributed by atoms with van der Waals surface area (Å²) >= 11 is 5.84. The number of hydrogen-bond donors (Lipinski definition) is 3. The smallest absolute Gasteiger partial charge is 0.330 e. The van der Waals surface area contributed by atoms with Gasteiger partial charge in [-0.15, -0.1) is 0 Å². The zero-order valence-electron chi connectivity index (χ0n) is 10.2. The molecule has 0 spiro atoms. The highest BCUT2D eigenvalue weighted by atomic mass is 35.5. The van der Waals surface area contributed by atoms with E-state index in [1.165, 1.54) is 0 Å². The van der Waals surface area contributed by atoms with Crippen LogP contribution in [0.1, 0.15) is 24.4 Å². The molecule has 1 aliphatic heterocycles. The molecule has 1 amide bonds. The van der Waals surface area contributed by atoms with E-state index in [-0.39, 0.29) is 11.9 Å². The van der Waals surface area contributed by atoms with Crippen LogP contribution in [0, 0.1) is 0 Å². The molecule has 1 aromatic rings. The van der Waals surface area contributed by atoms with E-state index >= 15 is 0 Å². The zero-order valence-corrected chi connectivity index (χ0v) is 11.0. The Labute approximate surface area is 116 Å². The Morgan fingerprint density at radius 1 is 1.47 bits per heavy atom. The number of benzene rings is 1. The van der Waals surface area contributed by atoms with Crippen LogP contribution in [0.2, 0.25) is 5.02 Å². The van der Waals surface area contributed by atoms with Crippen LogP contribution in [0.3, 0.4) is 0 Å². The normalized spacial score (nSPS) is 19.9. The van der Waals surface area contributed by atoms with Crippen molar-refractivity contribution in [1.82, 2.24) is 10.6 Å². The number of carboxylic acid groups (broad SMARTS) is 1. The van der Waals surface area contributed by atoms with E-state index in [9.17, 15) is 14.7 Å². The predicted molar refractivity (Wildman–Crippen MR) is 71.0 cm³/mol. The Morgan fingerprint density at radius 3 is 2.84 bits per heavy atom. The second kappa shape index (κ2) is 6.04. The summed E-state index contributed by atoms with van der Waals surface area (Å²) in [5, 5.41) is 15.2. The average Bonchev–Trinajstić information content (AvgIpc) is 2.89. The van der Waals surface area contributed by atoms with Gasteiger partial charge in [-0.05, 0) is 37.1 Å². The summed E-state index contributed by atoms with van der Waals surface area (Å²) in [5.74, 6) is -1.39. The topological polar surface area (TPSA) is 78.4 Å². The third-order valence-electron chi connectivity index (χ3n) is 3.09. The van der Waals surface area contributed by atoms with Crippen molar-refractivity contribution in [3.05, 3.63) is 34.9 Å². The minimum absolute atomic E-state index is 0.287. The molecule has 1 heterocycles. The van der Waals surface area contributed by atoms with E-state index in [0.29, 0.717) is 10.6 Å². The lowest BCUT2D eigenvalue weighted by atomic mass is 10.1. The van der Waals surface area contributed by atoms with Crippen LogP contribution in [0.5, 0.6) is 0 Å². The van der Waals surface area contributed by atoms with Gasteiger partial charge >= 0.3 is 5.97 Å². The van der Waals surface area contributed by atoms with E-state index in [2.05, 4.69) is 10.6 Å². The lowest BCUT2D eigenvalue weighted by Crippen LogP contribution is -2.44. The number of rotatable bonds is 4. The molecule has 5 nitrogen and oxygen atoms in total. The SMILES string of the molecule is O=C(NC(C(=O)O)c1cccc(Cl)c1)C1CCCN1. The van der Waals surface area contributed by atoms with Crippen LogP contribution in [-0.4, -0.2) is 29.6 Å². The summed E-state index contributed by atoms with van der Waals surface area (Å²) in [6.45, 7) is 0.785. The summed E-state index contributed by atoms with van der Waals surface area (Å²) < 4.78 is 0. The second-order valence-electron chi connectivity index (χ2n) is 4.48. The first kappa shape index (κ1) is 13.8. The van der Waals surface area contributed by atoms with Crippen LogP contribution in [0.25, 0.3) is 0 Å². The Bertz CT molecular complexity index is 487. The molecule has 0 aliphatic carbocycles. The fourth-order valence-corrected chi connectivity index (χ4v) is 2.32. The number of halogens is 1. The molecule has 0 radical (unpaired) electrons. The predicted octanol–water partition coefficient (Wildman–Crippen LogP) is 1.33. The largest absolute Gasteiger partial charge is 0.479 e. The maximum Gasteiger partial charge on any atom is 0.330 e. The van der Waals surface area contributed by atoms with E-state index in [0.717, 1.165) is 19.4 Å². The molecule has 1 fully saturated rings. The molecule has 2 rings (SSSR count). The lowest BCUT2D eigenvalue weighted by Gasteiger charge is -2.18. The second-order valence-corrected chi connectivity index (χ2v) is 4.92. The summed E-state index contributed by atoms with van der Waals surface area (Å²) in [6, 6.07) is 5.11. The Hall–Kier alpha value is -1.59. The first-order valence-electron chi connectivity index (χ1n) is 6.10. The fourth-order valence-electron chi connectivity index (χ4n) is 2.12. The van der Waals surface area contributed by atoms with Crippen molar-refractivity contribution >= 4 is 23.5 Å². The zero-order chi connectivity index (χ0) is 13.8. The number of aliphatic carboxylic acids is 1. The Morgan fingerprint density at radius 2 is 2.26 bits per heavy atom. The number of amides is 1. The molecule has 6 heteroatoms. The van der Waals surface area contributed by atoms with Gasteiger partial charge in [-0.25, -0.2) is 4.79 Å². The summed E-state index contributed by atoms with van der Waals surface area (Å²) in [4.78, 5) is 23.2. The monoisotopic (exact) mass is 282 g/mol. The first-order chi connectivity index (χ1) is 9.08. The lowest BCUT2D eigenvalue weighted by molar-refractivity contribution is -0.142. The minimum atomic E-state index is -1.10. The summed E-state index contributed by atoms with van der Waals surface area (Å²) in [7, 11) is 0. The van der Waals surface area contributed by atoms with E-state index < -0.39 is 12.0 Å². The van der Waals surface area contributed by atoms with Gasteiger partial charge in [0.25, 0.3) is 0 Å².